The predicted octanol–water partition coefficient (Wildman–Crippen LogP) is 2.29. The van der Waals surface area contributed by atoms with Crippen LogP contribution in [0, 0.1) is 5.92 Å². The number of piperidine rings is 1. The second-order valence-electron chi connectivity index (χ2n) is 7.93. The fourth-order valence-corrected chi connectivity index (χ4v) is 5.22. The van der Waals surface area contributed by atoms with Gasteiger partial charge in [0.05, 0.1) is 4.90 Å². The van der Waals surface area contributed by atoms with Crippen LogP contribution in [0.2, 0.25) is 0 Å². The van der Waals surface area contributed by atoms with Crippen molar-refractivity contribution in [1.29, 1.82) is 0 Å². The van der Waals surface area contributed by atoms with Crippen molar-refractivity contribution < 1.29 is 18.0 Å². The molecule has 1 aromatic carbocycles. The Bertz CT molecular complexity index is 809. The molecule has 1 saturated carbocycles. The zero-order chi connectivity index (χ0) is 20.9. The largest absolute Gasteiger partial charge is 0.349 e. The number of rotatable bonds is 6. The first-order valence-corrected chi connectivity index (χ1v) is 12.1. The lowest BCUT2D eigenvalue weighted by molar-refractivity contribution is -0.137. The molecule has 29 heavy (non-hydrogen) atoms. The SMILES string of the molecule is CCNS(=O)(=O)c1ccc(C(=O)NC2CCN(C(=O)C3CCCCC3)CC2)cc1. The Balaban J connectivity index is 1.50. The molecule has 3 rings (SSSR count). The number of hydrogen-bond acceptors (Lipinski definition) is 4. The van der Waals surface area contributed by atoms with Gasteiger partial charge in [0, 0.05) is 37.2 Å². The van der Waals surface area contributed by atoms with Crippen LogP contribution >= 0.6 is 0 Å². The number of sulfonamides is 1. The van der Waals surface area contributed by atoms with Gasteiger partial charge in [-0.25, -0.2) is 13.1 Å². The average Bonchev–Trinajstić information content (AvgIpc) is 2.74. The van der Waals surface area contributed by atoms with E-state index in [0.29, 0.717) is 25.2 Å². The maximum absolute atomic E-state index is 12.6. The van der Waals surface area contributed by atoms with Crippen molar-refractivity contribution in [2.45, 2.75) is 62.8 Å². The molecule has 2 aliphatic rings. The lowest BCUT2D eigenvalue weighted by Crippen LogP contribution is -2.48. The fourth-order valence-electron chi connectivity index (χ4n) is 4.18. The first kappa shape index (κ1) is 21.8. The minimum atomic E-state index is -3.52. The first-order valence-electron chi connectivity index (χ1n) is 10.6. The van der Waals surface area contributed by atoms with E-state index >= 15 is 0 Å². The highest BCUT2D eigenvalue weighted by Gasteiger charge is 2.29. The molecule has 2 N–H and O–H groups in total. The molecule has 8 heteroatoms. The van der Waals surface area contributed by atoms with Gasteiger partial charge in [-0.3, -0.25) is 9.59 Å². The summed E-state index contributed by atoms with van der Waals surface area (Å²) in [5.41, 5.74) is 0.432. The second kappa shape index (κ2) is 9.71. The van der Waals surface area contributed by atoms with Gasteiger partial charge in [-0.15, -0.1) is 0 Å². The summed E-state index contributed by atoms with van der Waals surface area (Å²) in [6, 6.07) is 5.97. The normalized spacial score (nSPS) is 19.1. The number of hydrogen-bond donors (Lipinski definition) is 2. The van der Waals surface area contributed by atoms with Crippen LogP contribution in [0.25, 0.3) is 0 Å². The zero-order valence-corrected chi connectivity index (χ0v) is 17.8. The molecule has 1 aromatic rings. The molecule has 0 bridgehead atoms. The van der Waals surface area contributed by atoms with Crippen LogP contribution in [0.15, 0.2) is 29.2 Å². The van der Waals surface area contributed by atoms with Gasteiger partial charge in [-0.05, 0) is 49.9 Å². The molecule has 2 amide bonds. The smallest absolute Gasteiger partial charge is 0.251 e. The molecular formula is C21H31N3O4S. The third kappa shape index (κ3) is 5.57. The third-order valence-electron chi connectivity index (χ3n) is 5.86. The quantitative estimate of drug-likeness (QED) is 0.737. The van der Waals surface area contributed by atoms with Gasteiger partial charge >= 0.3 is 0 Å². The zero-order valence-electron chi connectivity index (χ0n) is 17.0. The van der Waals surface area contributed by atoms with Crippen LogP contribution in [-0.2, 0) is 14.8 Å². The van der Waals surface area contributed by atoms with Gasteiger partial charge in [-0.1, -0.05) is 26.2 Å². The number of benzene rings is 1. The van der Waals surface area contributed by atoms with E-state index in [9.17, 15) is 18.0 Å². The molecule has 160 valence electrons. The third-order valence-corrected chi connectivity index (χ3v) is 7.42. The van der Waals surface area contributed by atoms with E-state index in [2.05, 4.69) is 10.0 Å². The summed E-state index contributed by atoms with van der Waals surface area (Å²) in [4.78, 5) is 27.3. The molecular weight excluding hydrogens is 390 g/mol. The molecule has 2 fully saturated rings. The van der Waals surface area contributed by atoms with E-state index in [-0.39, 0.29) is 28.7 Å². The summed E-state index contributed by atoms with van der Waals surface area (Å²) in [7, 11) is -3.52. The van der Waals surface area contributed by atoms with Crippen LogP contribution in [0.1, 0.15) is 62.2 Å². The van der Waals surface area contributed by atoms with Crippen LogP contribution < -0.4 is 10.0 Å². The molecule has 0 spiro atoms. The molecule has 1 aliphatic carbocycles. The van der Waals surface area contributed by atoms with Crippen molar-refractivity contribution in [3.05, 3.63) is 29.8 Å². The molecule has 1 saturated heterocycles. The number of nitrogens with one attached hydrogen (secondary N) is 2. The van der Waals surface area contributed by atoms with Crippen LogP contribution in [0.4, 0.5) is 0 Å². The monoisotopic (exact) mass is 421 g/mol. The number of nitrogens with zero attached hydrogens (tertiary/aromatic N) is 1. The number of carbonyl (C=O) groups is 2. The summed E-state index contributed by atoms with van der Waals surface area (Å²) in [5, 5.41) is 3.02. The van der Waals surface area contributed by atoms with Gasteiger partial charge in [0.15, 0.2) is 0 Å². The van der Waals surface area contributed by atoms with Gasteiger partial charge in [0.1, 0.15) is 0 Å². The molecule has 1 aliphatic heterocycles. The Morgan fingerprint density at radius 2 is 1.62 bits per heavy atom. The highest BCUT2D eigenvalue weighted by molar-refractivity contribution is 7.89. The Kier molecular flexibility index (Phi) is 7.29. The van der Waals surface area contributed by atoms with Gasteiger partial charge in [-0.2, -0.15) is 0 Å². The number of amides is 2. The van der Waals surface area contributed by atoms with E-state index in [1.54, 1.807) is 6.92 Å². The maximum atomic E-state index is 12.6. The minimum Gasteiger partial charge on any atom is -0.349 e. The topological polar surface area (TPSA) is 95.6 Å². The van der Waals surface area contributed by atoms with Crippen LogP contribution in [0.5, 0.6) is 0 Å². The molecule has 0 unspecified atom stereocenters. The van der Waals surface area contributed by atoms with Gasteiger partial charge in [0.25, 0.3) is 5.91 Å². The Hall–Kier alpha value is -1.93. The lowest BCUT2D eigenvalue weighted by atomic mass is 9.87. The fraction of sp³-hybridized carbons (Fsp3) is 0.619. The number of carbonyl (C=O) groups excluding carboxylic acids is 2. The standard InChI is InChI=1S/C21H31N3O4S/c1-2-22-29(27,28)19-10-8-16(9-11-19)20(25)23-18-12-14-24(15-13-18)21(26)17-6-4-3-5-7-17/h8-11,17-18,22H,2-7,12-15H2,1H3,(H,23,25). The first-order chi connectivity index (χ1) is 13.9. The van der Waals surface area contributed by atoms with E-state index < -0.39 is 10.0 Å². The van der Waals surface area contributed by atoms with Crippen molar-refractivity contribution in [3.8, 4) is 0 Å². The molecule has 7 nitrogen and oxygen atoms in total. The van der Waals surface area contributed by atoms with Crippen LogP contribution in [-0.4, -0.2) is 50.8 Å². The average molecular weight is 422 g/mol. The molecule has 0 aromatic heterocycles. The Morgan fingerprint density at radius 3 is 2.21 bits per heavy atom. The van der Waals surface area contributed by atoms with E-state index in [1.165, 1.54) is 30.7 Å². The van der Waals surface area contributed by atoms with E-state index in [1.807, 2.05) is 4.90 Å². The molecule has 1 heterocycles. The van der Waals surface area contributed by atoms with Crippen molar-refractivity contribution >= 4 is 21.8 Å². The summed E-state index contributed by atoms with van der Waals surface area (Å²) in [6.07, 6.45) is 7.05. The molecule has 0 atom stereocenters. The number of likely N-dealkylation sites (tertiary alicyclic amines) is 1. The van der Waals surface area contributed by atoms with Crippen molar-refractivity contribution in [2.24, 2.45) is 5.92 Å². The van der Waals surface area contributed by atoms with Gasteiger partial charge < -0.3 is 10.2 Å². The second-order valence-corrected chi connectivity index (χ2v) is 9.70. The summed E-state index contributed by atoms with van der Waals surface area (Å²) in [5.74, 6) is 0.258. The van der Waals surface area contributed by atoms with Crippen LogP contribution in [0.3, 0.4) is 0 Å². The predicted molar refractivity (Wildman–Crippen MR) is 111 cm³/mol. The minimum absolute atomic E-state index is 0.0306. The van der Waals surface area contributed by atoms with Crippen molar-refractivity contribution in [2.75, 3.05) is 19.6 Å². The maximum Gasteiger partial charge on any atom is 0.251 e. The van der Waals surface area contributed by atoms with Crippen molar-refractivity contribution in [3.63, 3.8) is 0 Å². The summed E-state index contributed by atoms with van der Waals surface area (Å²) >= 11 is 0. The highest BCUT2D eigenvalue weighted by Crippen LogP contribution is 2.26. The molecule has 0 radical (unpaired) electrons. The lowest BCUT2D eigenvalue weighted by Gasteiger charge is -2.35. The van der Waals surface area contributed by atoms with E-state index in [4.69, 9.17) is 0 Å². The van der Waals surface area contributed by atoms with Crippen molar-refractivity contribution in [1.82, 2.24) is 14.9 Å². The highest BCUT2D eigenvalue weighted by atomic mass is 32.2. The van der Waals surface area contributed by atoms with Gasteiger partial charge in [0.2, 0.25) is 15.9 Å². The summed E-state index contributed by atoms with van der Waals surface area (Å²) in [6.45, 7) is 3.39. The Morgan fingerprint density at radius 1 is 1.00 bits per heavy atom. The Labute approximate surface area is 173 Å². The summed E-state index contributed by atoms with van der Waals surface area (Å²) < 4.78 is 26.4. The van der Waals surface area contributed by atoms with E-state index in [0.717, 1.165) is 38.5 Å².